The minimum absolute atomic E-state index is 0.0530. The minimum Gasteiger partial charge on any atom is -0.507 e. The number of fused-ring (bicyclic) bond motifs is 1. The Bertz CT molecular complexity index is 1380. The van der Waals surface area contributed by atoms with Crippen molar-refractivity contribution in [3.63, 3.8) is 0 Å². The lowest BCUT2D eigenvalue weighted by atomic mass is 9.94. The Morgan fingerprint density at radius 2 is 1.84 bits per heavy atom. The Kier molecular flexibility index (Phi) is 7.23. The van der Waals surface area contributed by atoms with Crippen molar-refractivity contribution in [3.8, 4) is 11.5 Å². The summed E-state index contributed by atoms with van der Waals surface area (Å²) in [5.41, 5.74) is 3.15. The number of benzene rings is 3. The molecule has 2 heterocycles. The fraction of sp³-hybridized carbons (Fsp3) is 0.312. The van der Waals surface area contributed by atoms with E-state index in [4.69, 9.17) is 9.47 Å². The molecule has 2 unspecified atom stereocenters. The third kappa shape index (κ3) is 5.17. The molecule has 5 rings (SSSR count). The molecule has 196 valence electrons. The number of rotatable bonds is 8. The fourth-order valence-electron chi connectivity index (χ4n) is 5.08. The molecule has 3 aromatic carbocycles. The SMILES string of the molecule is CC(C)CCOc1cccc(C2/C(=C(\O)c3ccc4c(c3)CC(C)O4)C(=O)C(=O)N2Cc2ccccc2)c1. The zero-order chi connectivity index (χ0) is 26.8. The Labute approximate surface area is 223 Å². The second kappa shape index (κ2) is 10.7. The van der Waals surface area contributed by atoms with Gasteiger partial charge in [-0.3, -0.25) is 9.59 Å². The van der Waals surface area contributed by atoms with Crippen LogP contribution in [0.15, 0.2) is 78.4 Å². The zero-order valence-electron chi connectivity index (χ0n) is 22.0. The predicted octanol–water partition coefficient (Wildman–Crippen LogP) is 6.06. The van der Waals surface area contributed by atoms with E-state index in [-0.39, 0.29) is 24.0 Å². The van der Waals surface area contributed by atoms with Gasteiger partial charge in [-0.15, -0.1) is 0 Å². The van der Waals surface area contributed by atoms with E-state index >= 15 is 0 Å². The van der Waals surface area contributed by atoms with Crippen LogP contribution >= 0.6 is 0 Å². The summed E-state index contributed by atoms with van der Waals surface area (Å²) >= 11 is 0. The maximum Gasteiger partial charge on any atom is 0.295 e. The number of amides is 1. The van der Waals surface area contributed by atoms with Gasteiger partial charge in [0.1, 0.15) is 23.4 Å². The number of hydrogen-bond donors (Lipinski definition) is 1. The molecule has 0 spiro atoms. The zero-order valence-corrected chi connectivity index (χ0v) is 22.0. The summed E-state index contributed by atoms with van der Waals surface area (Å²) in [5, 5.41) is 11.5. The Balaban J connectivity index is 1.57. The number of aliphatic hydroxyl groups is 1. The fourth-order valence-corrected chi connectivity index (χ4v) is 5.08. The number of aliphatic hydroxyl groups excluding tert-OH is 1. The molecular formula is C32H33NO5. The Hall–Kier alpha value is -4.06. The Morgan fingerprint density at radius 1 is 1.05 bits per heavy atom. The molecule has 0 bridgehead atoms. The number of ether oxygens (including phenoxy) is 2. The maximum atomic E-state index is 13.5. The molecule has 2 atom stereocenters. The molecule has 6 nitrogen and oxygen atoms in total. The number of ketones is 1. The molecule has 0 aromatic heterocycles. The first-order valence-corrected chi connectivity index (χ1v) is 13.2. The molecule has 2 aliphatic rings. The number of carbonyl (C=O) groups is 2. The van der Waals surface area contributed by atoms with Crippen molar-refractivity contribution in [1.82, 2.24) is 4.90 Å². The monoisotopic (exact) mass is 511 g/mol. The molecule has 1 amide bonds. The van der Waals surface area contributed by atoms with Gasteiger partial charge in [0.2, 0.25) is 0 Å². The maximum absolute atomic E-state index is 13.5. The number of Topliss-reactive ketones (excluding diaryl/α,β-unsaturated/α-hetero) is 1. The highest BCUT2D eigenvalue weighted by Crippen LogP contribution is 2.42. The van der Waals surface area contributed by atoms with Gasteiger partial charge in [0.05, 0.1) is 18.2 Å². The van der Waals surface area contributed by atoms with Crippen LogP contribution in [0.1, 0.15) is 55.5 Å². The quantitative estimate of drug-likeness (QED) is 0.226. The average Bonchev–Trinajstić information content (AvgIpc) is 3.40. The van der Waals surface area contributed by atoms with Gasteiger partial charge in [0.15, 0.2) is 0 Å². The molecule has 1 fully saturated rings. The van der Waals surface area contributed by atoms with Crippen LogP contribution in [0.3, 0.4) is 0 Å². The topological polar surface area (TPSA) is 76.1 Å². The van der Waals surface area contributed by atoms with Crippen molar-refractivity contribution in [1.29, 1.82) is 0 Å². The van der Waals surface area contributed by atoms with E-state index in [2.05, 4.69) is 13.8 Å². The van der Waals surface area contributed by atoms with Gasteiger partial charge in [0, 0.05) is 18.5 Å². The molecule has 3 aromatic rings. The summed E-state index contributed by atoms with van der Waals surface area (Å²) < 4.78 is 11.8. The van der Waals surface area contributed by atoms with Crippen molar-refractivity contribution in [2.45, 2.75) is 52.3 Å². The molecule has 0 aliphatic carbocycles. The summed E-state index contributed by atoms with van der Waals surface area (Å²) in [6, 6.07) is 21.6. The van der Waals surface area contributed by atoms with Gasteiger partial charge in [-0.2, -0.15) is 0 Å². The van der Waals surface area contributed by atoms with Crippen molar-refractivity contribution >= 4 is 17.4 Å². The van der Waals surface area contributed by atoms with Crippen molar-refractivity contribution in [2.75, 3.05) is 6.61 Å². The number of likely N-dealkylation sites (tertiary alicyclic amines) is 1. The van der Waals surface area contributed by atoms with E-state index in [0.717, 1.165) is 29.7 Å². The van der Waals surface area contributed by atoms with E-state index < -0.39 is 17.7 Å². The third-order valence-electron chi connectivity index (χ3n) is 7.04. The molecule has 6 heteroatoms. The summed E-state index contributed by atoms with van der Waals surface area (Å²) in [5.74, 6) is 0.442. The highest BCUT2D eigenvalue weighted by Gasteiger charge is 2.46. The van der Waals surface area contributed by atoms with Crippen LogP contribution in [0.4, 0.5) is 0 Å². The van der Waals surface area contributed by atoms with Gasteiger partial charge in [-0.05, 0) is 66.3 Å². The number of hydrogen-bond acceptors (Lipinski definition) is 5. The van der Waals surface area contributed by atoms with Gasteiger partial charge in [0.25, 0.3) is 11.7 Å². The third-order valence-corrected chi connectivity index (χ3v) is 7.04. The normalized spacial score (nSPS) is 20.1. The van der Waals surface area contributed by atoms with Crippen LogP contribution in [-0.2, 0) is 22.6 Å². The van der Waals surface area contributed by atoms with E-state index in [1.807, 2.05) is 73.7 Å². The van der Waals surface area contributed by atoms with Crippen molar-refractivity contribution in [2.24, 2.45) is 5.92 Å². The smallest absolute Gasteiger partial charge is 0.295 e. The lowest BCUT2D eigenvalue weighted by Crippen LogP contribution is -2.29. The van der Waals surface area contributed by atoms with E-state index in [9.17, 15) is 14.7 Å². The molecule has 0 saturated carbocycles. The van der Waals surface area contributed by atoms with Crippen LogP contribution in [0.25, 0.3) is 5.76 Å². The first-order chi connectivity index (χ1) is 18.3. The number of carbonyl (C=O) groups excluding carboxylic acids is 2. The Morgan fingerprint density at radius 3 is 2.61 bits per heavy atom. The summed E-state index contributed by atoms with van der Waals surface area (Å²) in [4.78, 5) is 28.4. The second-order valence-corrected chi connectivity index (χ2v) is 10.5. The first-order valence-electron chi connectivity index (χ1n) is 13.2. The molecule has 0 radical (unpaired) electrons. The van der Waals surface area contributed by atoms with Gasteiger partial charge < -0.3 is 19.5 Å². The van der Waals surface area contributed by atoms with Crippen LogP contribution in [0.5, 0.6) is 11.5 Å². The number of nitrogens with zero attached hydrogens (tertiary/aromatic N) is 1. The van der Waals surface area contributed by atoms with Gasteiger partial charge >= 0.3 is 0 Å². The first kappa shape index (κ1) is 25.6. The predicted molar refractivity (Wildman–Crippen MR) is 146 cm³/mol. The largest absolute Gasteiger partial charge is 0.507 e. The molecule has 1 saturated heterocycles. The summed E-state index contributed by atoms with van der Waals surface area (Å²) in [6.07, 6.45) is 1.69. The lowest BCUT2D eigenvalue weighted by Gasteiger charge is -2.26. The van der Waals surface area contributed by atoms with E-state index in [0.29, 0.717) is 29.4 Å². The van der Waals surface area contributed by atoms with E-state index in [1.54, 1.807) is 6.07 Å². The lowest BCUT2D eigenvalue weighted by molar-refractivity contribution is -0.140. The van der Waals surface area contributed by atoms with Crippen molar-refractivity contribution < 1.29 is 24.2 Å². The molecule has 38 heavy (non-hydrogen) atoms. The van der Waals surface area contributed by atoms with Crippen molar-refractivity contribution in [3.05, 3.63) is 101 Å². The van der Waals surface area contributed by atoms with Crippen LogP contribution in [-0.4, -0.2) is 34.4 Å². The molecular weight excluding hydrogens is 478 g/mol. The highest BCUT2D eigenvalue weighted by molar-refractivity contribution is 6.46. The van der Waals surface area contributed by atoms with Crippen LogP contribution in [0.2, 0.25) is 0 Å². The average molecular weight is 512 g/mol. The second-order valence-electron chi connectivity index (χ2n) is 10.5. The van der Waals surface area contributed by atoms with E-state index in [1.165, 1.54) is 4.90 Å². The molecule has 2 aliphatic heterocycles. The standard InChI is InChI=1S/C32H33NO5/c1-20(2)14-15-37-26-11-7-10-23(18-26)29-28(30(34)24-12-13-27-25(17-24)16-21(3)38-27)31(35)32(36)33(29)19-22-8-5-4-6-9-22/h4-13,17-18,20-21,29,34H,14-16,19H2,1-3H3/b30-28+. The van der Waals surface area contributed by atoms with Gasteiger partial charge in [-0.1, -0.05) is 56.3 Å². The van der Waals surface area contributed by atoms with Crippen LogP contribution in [0, 0.1) is 5.92 Å². The van der Waals surface area contributed by atoms with Crippen LogP contribution < -0.4 is 9.47 Å². The molecule has 1 N–H and O–H groups in total. The summed E-state index contributed by atoms with van der Waals surface area (Å²) in [7, 11) is 0. The highest BCUT2D eigenvalue weighted by atomic mass is 16.5. The minimum atomic E-state index is -0.757. The summed E-state index contributed by atoms with van der Waals surface area (Å²) in [6.45, 7) is 7.08. The van der Waals surface area contributed by atoms with Gasteiger partial charge in [-0.25, -0.2) is 0 Å².